The summed E-state index contributed by atoms with van der Waals surface area (Å²) in [4.78, 5) is 33.0. The molecule has 6 N–H and O–H groups in total. The van der Waals surface area contributed by atoms with Gasteiger partial charge < -0.3 is 22.1 Å². The first-order valence-electron chi connectivity index (χ1n) is 9.32. The Balaban J connectivity index is 1.59. The van der Waals surface area contributed by atoms with Crippen LogP contribution in [0.2, 0.25) is 0 Å². The van der Waals surface area contributed by atoms with Crippen LogP contribution in [0.5, 0.6) is 0 Å². The zero-order valence-electron chi connectivity index (χ0n) is 16.6. The minimum absolute atomic E-state index is 0.0129. The number of nitrogens with zero attached hydrogens (tertiary/aromatic N) is 2. The van der Waals surface area contributed by atoms with Crippen molar-refractivity contribution in [3.8, 4) is 11.3 Å². The zero-order valence-corrected chi connectivity index (χ0v) is 17.4. The summed E-state index contributed by atoms with van der Waals surface area (Å²) in [6, 6.07) is 10.1. The predicted molar refractivity (Wildman–Crippen MR) is 120 cm³/mol. The Hall–Kier alpha value is -4.19. The largest absolute Gasteiger partial charge is 0.416 e. The topological polar surface area (TPSA) is 136 Å². The molecule has 3 amide bonds. The molecule has 4 aromatic rings. The number of anilines is 3. The molecule has 0 fully saturated rings. The molecule has 0 aliphatic rings. The lowest BCUT2D eigenvalue weighted by Crippen LogP contribution is -2.19. The molecule has 0 saturated heterocycles. The number of rotatable bonds is 4. The number of halogens is 3. The predicted octanol–water partition coefficient (Wildman–Crippen LogP) is 4.70. The highest BCUT2D eigenvalue weighted by atomic mass is 32.1. The maximum atomic E-state index is 12.9. The van der Waals surface area contributed by atoms with Crippen molar-refractivity contribution in [3.05, 3.63) is 65.3 Å². The number of nitrogens with one attached hydrogen (secondary N) is 2. The van der Waals surface area contributed by atoms with E-state index in [0.717, 1.165) is 23.5 Å². The lowest BCUT2D eigenvalue weighted by Gasteiger charge is -2.11. The van der Waals surface area contributed by atoms with Gasteiger partial charge in [-0.05, 0) is 30.3 Å². The summed E-state index contributed by atoms with van der Waals surface area (Å²) in [5.41, 5.74) is 12.1. The highest BCUT2D eigenvalue weighted by molar-refractivity contribution is 7.21. The van der Waals surface area contributed by atoms with Gasteiger partial charge in [-0.25, -0.2) is 14.8 Å². The van der Waals surface area contributed by atoms with Gasteiger partial charge in [-0.15, -0.1) is 11.3 Å². The van der Waals surface area contributed by atoms with Gasteiger partial charge >= 0.3 is 12.2 Å². The maximum absolute atomic E-state index is 12.9. The molecule has 2 heterocycles. The quantitative estimate of drug-likeness (QED) is 0.341. The molecule has 0 atom stereocenters. The third-order valence-corrected chi connectivity index (χ3v) is 5.72. The van der Waals surface area contributed by atoms with E-state index in [4.69, 9.17) is 11.5 Å². The number of benzene rings is 2. The Morgan fingerprint density at radius 3 is 2.30 bits per heavy atom. The van der Waals surface area contributed by atoms with Crippen molar-refractivity contribution in [2.45, 2.75) is 6.18 Å². The van der Waals surface area contributed by atoms with Crippen LogP contribution in [0.3, 0.4) is 0 Å². The van der Waals surface area contributed by atoms with Crippen LogP contribution < -0.4 is 22.1 Å². The molecule has 2 aromatic carbocycles. The number of hydrogen-bond donors (Lipinski definition) is 4. The summed E-state index contributed by atoms with van der Waals surface area (Å²) in [6.45, 7) is 0. The number of alkyl halides is 3. The van der Waals surface area contributed by atoms with Crippen molar-refractivity contribution in [1.82, 2.24) is 9.97 Å². The number of thiophene rings is 1. The lowest BCUT2D eigenvalue weighted by atomic mass is 10.1. The summed E-state index contributed by atoms with van der Waals surface area (Å²) in [5, 5.41) is 5.40. The van der Waals surface area contributed by atoms with Crippen LogP contribution in [0.15, 0.2) is 54.9 Å². The van der Waals surface area contributed by atoms with Crippen molar-refractivity contribution in [3.63, 3.8) is 0 Å². The van der Waals surface area contributed by atoms with Crippen LogP contribution in [-0.2, 0) is 6.18 Å². The fraction of sp³-hybridized carbons (Fsp3) is 0.0476. The van der Waals surface area contributed by atoms with Crippen molar-refractivity contribution in [2.24, 2.45) is 5.73 Å². The fourth-order valence-electron chi connectivity index (χ4n) is 3.17. The summed E-state index contributed by atoms with van der Waals surface area (Å²) in [5.74, 6) is -0.678. The second kappa shape index (κ2) is 8.39. The SMILES string of the molecule is NC(=O)c1sc2ncnc(-c3cccc(NC(=O)Nc4cccc(C(F)(F)F)c4)c3)c2c1N. The molecule has 0 unspecified atom stereocenters. The molecule has 2 aromatic heterocycles. The van der Waals surface area contributed by atoms with E-state index in [-0.39, 0.29) is 16.3 Å². The normalized spacial score (nSPS) is 11.4. The van der Waals surface area contributed by atoms with Crippen LogP contribution in [0, 0.1) is 0 Å². The molecule has 0 radical (unpaired) electrons. The Kier molecular flexibility index (Phi) is 5.60. The van der Waals surface area contributed by atoms with E-state index >= 15 is 0 Å². The number of urea groups is 1. The fourth-order valence-corrected chi connectivity index (χ4v) is 4.08. The number of primary amides is 1. The average Bonchev–Trinajstić information content (AvgIpc) is 3.10. The first-order valence-corrected chi connectivity index (χ1v) is 10.1. The standard InChI is InChI=1S/C21H15F3N6O2S/c22-21(23,24)11-4-2-6-13(8-11)30-20(32)29-12-5-1-3-10(7-12)16-14-15(25)17(18(26)31)33-19(14)28-9-27-16/h1-9H,25H2,(H2,26,31)(H2,29,30,32). The van der Waals surface area contributed by atoms with Crippen LogP contribution in [0.25, 0.3) is 21.5 Å². The van der Waals surface area contributed by atoms with E-state index in [9.17, 15) is 22.8 Å². The van der Waals surface area contributed by atoms with Gasteiger partial charge in [-0.2, -0.15) is 13.2 Å². The van der Waals surface area contributed by atoms with E-state index < -0.39 is 23.7 Å². The van der Waals surface area contributed by atoms with Crippen molar-refractivity contribution in [1.29, 1.82) is 0 Å². The van der Waals surface area contributed by atoms with Gasteiger partial charge in [0.05, 0.1) is 22.3 Å². The second-order valence-corrected chi connectivity index (χ2v) is 7.85. The van der Waals surface area contributed by atoms with E-state index in [2.05, 4.69) is 20.6 Å². The minimum atomic E-state index is -4.52. The highest BCUT2D eigenvalue weighted by Gasteiger charge is 2.30. The maximum Gasteiger partial charge on any atom is 0.416 e. The number of nitrogens with two attached hydrogens (primary N) is 2. The number of hydrogen-bond acceptors (Lipinski definition) is 6. The molecule has 12 heteroatoms. The number of aromatic nitrogens is 2. The average molecular weight is 472 g/mol. The first-order chi connectivity index (χ1) is 15.6. The van der Waals surface area contributed by atoms with E-state index in [0.29, 0.717) is 27.2 Å². The summed E-state index contributed by atoms with van der Waals surface area (Å²) < 4.78 is 38.6. The number of carbonyl (C=O) groups excluding carboxylic acids is 2. The Labute approximate surface area is 188 Å². The number of carbonyl (C=O) groups is 2. The van der Waals surface area contributed by atoms with E-state index in [1.54, 1.807) is 24.3 Å². The molecular formula is C21H15F3N6O2S. The third kappa shape index (κ3) is 4.55. The number of nitrogen functional groups attached to an aromatic ring is 1. The monoisotopic (exact) mass is 472 g/mol. The zero-order chi connectivity index (χ0) is 23.8. The van der Waals surface area contributed by atoms with Crippen molar-refractivity contribution in [2.75, 3.05) is 16.4 Å². The first kappa shape index (κ1) is 22.0. The highest BCUT2D eigenvalue weighted by Crippen LogP contribution is 2.38. The van der Waals surface area contributed by atoms with Crippen LogP contribution in [0.1, 0.15) is 15.2 Å². The van der Waals surface area contributed by atoms with Gasteiger partial charge in [0.25, 0.3) is 5.91 Å². The number of amides is 3. The molecular weight excluding hydrogens is 457 g/mol. The molecule has 4 rings (SSSR count). The smallest absolute Gasteiger partial charge is 0.397 e. The van der Waals surface area contributed by atoms with E-state index in [1.165, 1.54) is 18.5 Å². The van der Waals surface area contributed by atoms with Gasteiger partial charge in [0.2, 0.25) is 0 Å². The lowest BCUT2D eigenvalue weighted by molar-refractivity contribution is -0.137. The molecule has 0 aliphatic carbocycles. The van der Waals surface area contributed by atoms with Crippen LogP contribution >= 0.6 is 11.3 Å². The molecule has 8 nitrogen and oxygen atoms in total. The van der Waals surface area contributed by atoms with Crippen molar-refractivity contribution >= 4 is 50.6 Å². The molecule has 0 bridgehead atoms. The van der Waals surface area contributed by atoms with Crippen LogP contribution in [0.4, 0.5) is 35.0 Å². The molecule has 33 heavy (non-hydrogen) atoms. The second-order valence-electron chi connectivity index (χ2n) is 6.85. The summed E-state index contributed by atoms with van der Waals surface area (Å²) in [6.07, 6.45) is -3.21. The van der Waals surface area contributed by atoms with Gasteiger partial charge in [0.1, 0.15) is 16.0 Å². The van der Waals surface area contributed by atoms with Crippen LogP contribution in [-0.4, -0.2) is 21.9 Å². The Morgan fingerprint density at radius 1 is 0.970 bits per heavy atom. The molecule has 0 aliphatic heterocycles. The molecule has 0 spiro atoms. The third-order valence-electron chi connectivity index (χ3n) is 4.59. The Morgan fingerprint density at radius 2 is 1.64 bits per heavy atom. The number of fused-ring (bicyclic) bond motifs is 1. The minimum Gasteiger partial charge on any atom is -0.397 e. The summed E-state index contributed by atoms with van der Waals surface area (Å²) in [7, 11) is 0. The molecule has 168 valence electrons. The van der Waals surface area contributed by atoms with Crippen molar-refractivity contribution < 1.29 is 22.8 Å². The Bertz CT molecular complexity index is 1390. The van der Waals surface area contributed by atoms with Gasteiger partial charge in [-0.1, -0.05) is 18.2 Å². The van der Waals surface area contributed by atoms with Gasteiger partial charge in [0.15, 0.2) is 0 Å². The summed E-state index contributed by atoms with van der Waals surface area (Å²) >= 11 is 1.05. The molecule has 0 saturated carbocycles. The van der Waals surface area contributed by atoms with Gasteiger partial charge in [0, 0.05) is 16.9 Å². The van der Waals surface area contributed by atoms with Gasteiger partial charge in [-0.3, -0.25) is 4.79 Å². The van der Waals surface area contributed by atoms with E-state index in [1.807, 2.05) is 0 Å².